The summed E-state index contributed by atoms with van der Waals surface area (Å²) in [7, 11) is 0. The fraction of sp³-hybridized carbons (Fsp3) is 0.278. The van der Waals surface area contributed by atoms with Crippen molar-refractivity contribution < 1.29 is 0 Å². The molecule has 4 heterocycles. The van der Waals surface area contributed by atoms with E-state index < -0.39 is 0 Å². The van der Waals surface area contributed by atoms with Gasteiger partial charge in [0.2, 0.25) is 5.95 Å². The zero-order valence-corrected chi connectivity index (χ0v) is 14.2. The SMILES string of the molecule is O=c1cc(CNc2ccccn2)nc2n1CCCN(c1ncccn1)C2. The number of fused-ring (bicyclic) bond motifs is 1. The Morgan fingerprint density at radius 2 is 1.88 bits per heavy atom. The number of hydrogen-bond donors (Lipinski definition) is 1. The van der Waals surface area contributed by atoms with E-state index in [-0.39, 0.29) is 5.56 Å². The molecule has 0 bridgehead atoms. The highest BCUT2D eigenvalue weighted by molar-refractivity contribution is 5.34. The van der Waals surface area contributed by atoms with Crippen molar-refractivity contribution in [3.63, 3.8) is 0 Å². The van der Waals surface area contributed by atoms with E-state index in [0.717, 1.165) is 24.6 Å². The minimum absolute atomic E-state index is 0.0244. The Kier molecular flexibility index (Phi) is 4.55. The monoisotopic (exact) mass is 349 g/mol. The molecule has 0 saturated carbocycles. The largest absolute Gasteiger partial charge is 0.364 e. The number of nitrogens with one attached hydrogen (secondary N) is 1. The Balaban J connectivity index is 1.58. The standard InChI is InChI=1S/C18H19N7O/c26-17-11-14(12-22-15-5-1-2-6-19-15)23-16-13-24(9-4-10-25(16)17)18-20-7-3-8-21-18/h1-3,5-8,11H,4,9-10,12-13H2,(H,19,22). The number of anilines is 2. The lowest BCUT2D eigenvalue weighted by Crippen LogP contribution is -2.28. The predicted molar refractivity (Wildman–Crippen MR) is 97.8 cm³/mol. The lowest BCUT2D eigenvalue weighted by molar-refractivity contribution is 0.620. The molecule has 0 fully saturated rings. The van der Waals surface area contributed by atoms with E-state index in [9.17, 15) is 4.79 Å². The minimum Gasteiger partial charge on any atom is -0.364 e. The molecule has 0 radical (unpaired) electrons. The normalized spacial score (nSPS) is 13.8. The minimum atomic E-state index is -0.0244. The fourth-order valence-corrected chi connectivity index (χ4v) is 3.00. The molecule has 4 rings (SSSR count). The quantitative estimate of drug-likeness (QED) is 0.762. The van der Waals surface area contributed by atoms with Gasteiger partial charge in [-0.2, -0.15) is 0 Å². The first-order chi connectivity index (χ1) is 12.8. The number of hydrogen-bond acceptors (Lipinski definition) is 7. The molecule has 0 unspecified atom stereocenters. The molecule has 1 aliphatic rings. The van der Waals surface area contributed by atoms with Crippen LogP contribution < -0.4 is 15.8 Å². The molecule has 0 saturated heterocycles. The van der Waals surface area contributed by atoms with Crippen LogP contribution in [0.4, 0.5) is 11.8 Å². The van der Waals surface area contributed by atoms with Gasteiger partial charge in [0.15, 0.2) is 0 Å². The van der Waals surface area contributed by atoms with Crippen molar-refractivity contribution in [2.75, 3.05) is 16.8 Å². The van der Waals surface area contributed by atoms with Crippen molar-refractivity contribution in [2.24, 2.45) is 0 Å². The summed E-state index contributed by atoms with van der Waals surface area (Å²) in [6.07, 6.45) is 6.01. The maximum Gasteiger partial charge on any atom is 0.253 e. The van der Waals surface area contributed by atoms with Crippen molar-refractivity contribution >= 4 is 11.8 Å². The molecule has 0 aliphatic carbocycles. The molecule has 8 heteroatoms. The molecule has 3 aromatic heterocycles. The van der Waals surface area contributed by atoms with Gasteiger partial charge in [-0.05, 0) is 24.6 Å². The third-order valence-electron chi connectivity index (χ3n) is 4.23. The lowest BCUT2D eigenvalue weighted by atomic mass is 10.3. The maximum atomic E-state index is 12.5. The first-order valence-corrected chi connectivity index (χ1v) is 8.56. The van der Waals surface area contributed by atoms with Crippen LogP contribution in [-0.4, -0.2) is 31.0 Å². The Hall–Kier alpha value is -3.29. The molecular weight excluding hydrogens is 330 g/mol. The molecule has 1 aliphatic heterocycles. The molecular formula is C18H19N7O. The Morgan fingerprint density at radius 1 is 1.04 bits per heavy atom. The molecule has 0 spiro atoms. The highest BCUT2D eigenvalue weighted by Gasteiger charge is 2.19. The van der Waals surface area contributed by atoms with Crippen LogP contribution in [-0.2, 0) is 19.6 Å². The van der Waals surface area contributed by atoms with Crippen LogP contribution in [0.1, 0.15) is 17.9 Å². The van der Waals surface area contributed by atoms with Crippen LogP contribution in [0.2, 0.25) is 0 Å². The van der Waals surface area contributed by atoms with Gasteiger partial charge in [0.05, 0.1) is 18.8 Å². The average molecular weight is 349 g/mol. The van der Waals surface area contributed by atoms with Crippen molar-refractivity contribution in [3.8, 4) is 0 Å². The van der Waals surface area contributed by atoms with Gasteiger partial charge in [-0.1, -0.05) is 6.07 Å². The molecule has 0 amide bonds. The lowest BCUT2D eigenvalue weighted by Gasteiger charge is -2.19. The second kappa shape index (κ2) is 7.30. The van der Waals surface area contributed by atoms with Crippen LogP contribution in [0.25, 0.3) is 0 Å². The summed E-state index contributed by atoms with van der Waals surface area (Å²) < 4.78 is 1.74. The van der Waals surface area contributed by atoms with Crippen LogP contribution in [0.15, 0.2) is 53.7 Å². The number of nitrogens with zero attached hydrogens (tertiary/aromatic N) is 6. The van der Waals surface area contributed by atoms with E-state index in [0.29, 0.717) is 31.3 Å². The van der Waals surface area contributed by atoms with Crippen LogP contribution >= 0.6 is 0 Å². The van der Waals surface area contributed by atoms with Gasteiger partial charge in [0.1, 0.15) is 11.6 Å². The fourth-order valence-electron chi connectivity index (χ4n) is 3.00. The zero-order valence-electron chi connectivity index (χ0n) is 14.2. The molecule has 3 aromatic rings. The first-order valence-electron chi connectivity index (χ1n) is 8.56. The molecule has 8 nitrogen and oxygen atoms in total. The summed E-state index contributed by atoms with van der Waals surface area (Å²) in [4.78, 5) is 32.1. The van der Waals surface area contributed by atoms with Crippen LogP contribution in [0.3, 0.4) is 0 Å². The number of pyridine rings is 1. The molecule has 0 atom stereocenters. The van der Waals surface area contributed by atoms with Crippen molar-refractivity contribution in [2.45, 2.75) is 26.1 Å². The van der Waals surface area contributed by atoms with Crippen molar-refractivity contribution in [3.05, 3.63) is 70.8 Å². The highest BCUT2D eigenvalue weighted by atomic mass is 16.1. The summed E-state index contributed by atoms with van der Waals surface area (Å²) in [6, 6.07) is 9.03. The van der Waals surface area contributed by atoms with Gasteiger partial charge < -0.3 is 10.2 Å². The van der Waals surface area contributed by atoms with Gasteiger partial charge >= 0.3 is 0 Å². The van der Waals surface area contributed by atoms with E-state index in [1.807, 2.05) is 18.2 Å². The first kappa shape index (κ1) is 16.2. The van der Waals surface area contributed by atoms with Crippen molar-refractivity contribution in [1.29, 1.82) is 0 Å². The summed E-state index contributed by atoms with van der Waals surface area (Å²) in [6.45, 7) is 2.39. The summed E-state index contributed by atoms with van der Waals surface area (Å²) in [5.74, 6) is 2.15. The van der Waals surface area contributed by atoms with E-state index in [4.69, 9.17) is 4.98 Å². The Bertz CT molecular complexity index is 927. The summed E-state index contributed by atoms with van der Waals surface area (Å²) in [5, 5.41) is 3.19. The van der Waals surface area contributed by atoms with E-state index in [2.05, 4.69) is 25.2 Å². The van der Waals surface area contributed by atoms with Crippen molar-refractivity contribution in [1.82, 2.24) is 24.5 Å². The second-order valence-corrected chi connectivity index (χ2v) is 6.05. The Morgan fingerprint density at radius 3 is 2.69 bits per heavy atom. The third kappa shape index (κ3) is 3.53. The van der Waals surface area contributed by atoms with E-state index in [1.165, 1.54) is 0 Å². The van der Waals surface area contributed by atoms with Gasteiger partial charge in [-0.25, -0.2) is 19.9 Å². The van der Waals surface area contributed by atoms with Gasteiger partial charge in [0.25, 0.3) is 5.56 Å². The zero-order chi connectivity index (χ0) is 17.8. The number of aromatic nitrogens is 5. The average Bonchev–Trinajstić information content (AvgIpc) is 2.91. The summed E-state index contributed by atoms with van der Waals surface area (Å²) in [5.41, 5.74) is 0.673. The third-order valence-corrected chi connectivity index (χ3v) is 4.23. The maximum absolute atomic E-state index is 12.5. The van der Waals surface area contributed by atoms with E-state index in [1.54, 1.807) is 35.3 Å². The number of rotatable bonds is 4. The molecule has 26 heavy (non-hydrogen) atoms. The molecule has 0 aromatic carbocycles. The van der Waals surface area contributed by atoms with Crippen LogP contribution in [0, 0.1) is 0 Å². The van der Waals surface area contributed by atoms with Gasteiger partial charge in [-0.15, -0.1) is 0 Å². The highest BCUT2D eigenvalue weighted by Crippen LogP contribution is 2.14. The predicted octanol–water partition coefficient (Wildman–Crippen LogP) is 1.45. The summed E-state index contributed by atoms with van der Waals surface area (Å²) >= 11 is 0. The topological polar surface area (TPSA) is 88.8 Å². The molecule has 132 valence electrons. The second-order valence-electron chi connectivity index (χ2n) is 6.05. The Labute approximate surface area is 150 Å². The molecule has 1 N–H and O–H groups in total. The van der Waals surface area contributed by atoms with Gasteiger partial charge in [-0.3, -0.25) is 9.36 Å². The van der Waals surface area contributed by atoms with Gasteiger partial charge in [0, 0.05) is 37.7 Å². The van der Waals surface area contributed by atoms with E-state index >= 15 is 0 Å². The smallest absolute Gasteiger partial charge is 0.253 e. The van der Waals surface area contributed by atoms with Crippen LogP contribution in [0.5, 0.6) is 0 Å².